The molecule has 5 heteroatoms. The van der Waals surface area contributed by atoms with Gasteiger partial charge in [-0.05, 0) is 12.0 Å². The van der Waals surface area contributed by atoms with Crippen molar-refractivity contribution < 1.29 is 19.5 Å². The third kappa shape index (κ3) is 3.19. The number of aliphatic carboxylic acids is 1. The zero-order valence-electron chi connectivity index (χ0n) is 10.3. The van der Waals surface area contributed by atoms with Crippen LogP contribution in [0.15, 0.2) is 30.3 Å². The second-order valence-corrected chi connectivity index (χ2v) is 4.67. The van der Waals surface area contributed by atoms with Crippen LogP contribution >= 0.6 is 0 Å². The first-order valence-electron chi connectivity index (χ1n) is 6.18. The molecule has 1 aliphatic rings. The van der Waals surface area contributed by atoms with Crippen LogP contribution in [0.25, 0.3) is 0 Å². The molecule has 0 aliphatic carbocycles. The molecule has 1 fully saturated rings. The van der Waals surface area contributed by atoms with Gasteiger partial charge in [0.1, 0.15) is 0 Å². The Labute approximate surface area is 110 Å². The summed E-state index contributed by atoms with van der Waals surface area (Å²) in [5.41, 5.74) is 0.904. The number of rotatable bonds is 4. The summed E-state index contributed by atoms with van der Waals surface area (Å²) in [5, 5.41) is 11.0. The highest BCUT2D eigenvalue weighted by Crippen LogP contribution is 2.34. The molecule has 2 amide bonds. The zero-order chi connectivity index (χ0) is 13.8. The molecule has 1 aromatic carbocycles. The van der Waals surface area contributed by atoms with E-state index in [0.29, 0.717) is 0 Å². The van der Waals surface area contributed by atoms with Crippen molar-refractivity contribution in [3.05, 3.63) is 35.9 Å². The normalized spacial score (nSPS) is 22.9. The van der Waals surface area contributed by atoms with Gasteiger partial charge in [0.25, 0.3) is 0 Å². The molecule has 1 aromatic rings. The molecule has 1 heterocycles. The number of hydrogen-bond donors (Lipinski definition) is 2. The molecule has 1 aliphatic heterocycles. The minimum atomic E-state index is -0.934. The molecule has 19 heavy (non-hydrogen) atoms. The van der Waals surface area contributed by atoms with E-state index in [1.807, 2.05) is 30.3 Å². The van der Waals surface area contributed by atoms with Gasteiger partial charge in [0.05, 0.1) is 0 Å². The molecule has 0 bridgehead atoms. The van der Waals surface area contributed by atoms with Crippen molar-refractivity contribution in [3.63, 3.8) is 0 Å². The van der Waals surface area contributed by atoms with Crippen LogP contribution in [0.1, 0.15) is 30.7 Å². The van der Waals surface area contributed by atoms with Crippen molar-refractivity contribution in [2.24, 2.45) is 5.92 Å². The van der Waals surface area contributed by atoms with Crippen LogP contribution in [0.5, 0.6) is 0 Å². The summed E-state index contributed by atoms with van der Waals surface area (Å²) >= 11 is 0. The van der Waals surface area contributed by atoms with Crippen molar-refractivity contribution >= 4 is 17.8 Å². The quantitative estimate of drug-likeness (QED) is 0.800. The Bertz CT molecular complexity index is 497. The van der Waals surface area contributed by atoms with E-state index in [4.69, 9.17) is 5.11 Å². The lowest BCUT2D eigenvalue weighted by molar-refractivity contribution is -0.139. The lowest BCUT2D eigenvalue weighted by atomic mass is 9.78. The van der Waals surface area contributed by atoms with Crippen LogP contribution in [0, 0.1) is 5.92 Å². The number of carbonyl (C=O) groups excluding carboxylic acids is 2. The highest BCUT2D eigenvalue weighted by atomic mass is 16.4. The van der Waals surface area contributed by atoms with Crippen LogP contribution in [-0.2, 0) is 14.4 Å². The van der Waals surface area contributed by atoms with Gasteiger partial charge in [-0.3, -0.25) is 19.7 Å². The fourth-order valence-electron chi connectivity index (χ4n) is 2.47. The van der Waals surface area contributed by atoms with Gasteiger partial charge in [-0.15, -0.1) is 0 Å². The molecule has 100 valence electrons. The number of benzene rings is 1. The van der Waals surface area contributed by atoms with Gasteiger partial charge in [0.2, 0.25) is 11.8 Å². The second kappa shape index (κ2) is 5.65. The van der Waals surface area contributed by atoms with Crippen molar-refractivity contribution in [3.8, 4) is 0 Å². The van der Waals surface area contributed by atoms with E-state index in [2.05, 4.69) is 5.32 Å². The van der Waals surface area contributed by atoms with Gasteiger partial charge in [0.15, 0.2) is 0 Å². The summed E-state index contributed by atoms with van der Waals surface area (Å²) in [6.45, 7) is 0. The standard InChI is InChI=1S/C14H15NO4/c16-12-8-11(9-4-2-1-3-5-9)10(14(19)15-12)6-7-13(17)18/h1-5,10-11H,6-8H2,(H,17,18)(H,15,16,19)/t10-,11-/m0/s1. The van der Waals surface area contributed by atoms with Crippen LogP contribution < -0.4 is 5.32 Å². The summed E-state index contributed by atoms with van der Waals surface area (Å²) in [6, 6.07) is 9.29. The third-order valence-corrected chi connectivity index (χ3v) is 3.39. The average Bonchev–Trinajstić information content (AvgIpc) is 2.37. The third-order valence-electron chi connectivity index (χ3n) is 3.39. The Balaban J connectivity index is 2.22. The first kappa shape index (κ1) is 13.3. The van der Waals surface area contributed by atoms with Crippen molar-refractivity contribution in [2.45, 2.75) is 25.2 Å². The molecule has 2 N–H and O–H groups in total. The molecule has 0 spiro atoms. The van der Waals surface area contributed by atoms with Gasteiger partial charge in [-0.25, -0.2) is 0 Å². The largest absolute Gasteiger partial charge is 0.481 e. The maximum atomic E-state index is 11.9. The number of imide groups is 1. The topological polar surface area (TPSA) is 83.5 Å². The summed E-state index contributed by atoms with van der Waals surface area (Å²) in [5.74, 6) is -2.30. The Morgan fingerprint density at radius 3 is 2.58 bits per heavy atom. The van der Waals surface area contributed by atoms with Crippen LogP contribution in [0.2, 0.25) is 0 Å². The highest BCUT2D eigenvalue weighted by molar-refractivity contribution is 6.00. The highest BCUT2D eigenvalue weighted by Gasteiger charge is 2.36. The van der Waals surface area contributed by atoms with E-state index in [-0.39, 0.29) is 37.0 Å². The Morgan fingerprint density at radius 2 is 1.95 bits per heavy atom. The molecular formula is C14H15NO4. The first-order valence-corrected chi connectivity index (χ1v) is 6.18. The molecule has 1 saturated heterocycles. The molecule has 5 nitrogen and oxygen atoms in total. The fourth-order valence-corrected chi connectivity index (χ4v) is 2.47. The number of nitrogens with one attached hydrogen (secondary N) is 1. The summed E-state index contributed by atoms with van der Waals surface area (Å²) < 4.78 is 0. The summed E-state index contributed by atoms with van der Waals surface area (Å²) in [4.78, 5) is 34.0. The number of hydrogen-bond acceptors (Lipinski definition) is 3. The van der Waals surface area contributed by atoms with E-state index < -0.39 is 11.9 Å². The van der Waals surface area contributed by atoms with Gasteiger partial charge < -0.3 is 5.11 Å². The zero-order valence-corrected chi connectivity index (χ0v) is 10.3. The predicted octanol–water partition coefficient (Wildman–Crippen LogP) is 1.30. The maximum absolute atomic E-state index is 11.9. The number of carboxylic acid groups (broad SMARTS) is 1. The maximum Gasteiger partial charge on any atom is 0.303 e. The number of carbonyl (C=O) groups is 3. The average molecular weight is 261 g/mol. The predicted molar refractivity (Wildman–Crippen MR) is 67.3 cm³/mol. The molecule has 2 rings (SSSR count). The first-order chi connectivity index (χ1) is 9.08. The second-order valence-electron chi connectivity index (χ2n) is 4.67. The number of carboxylic acids is 1. The lowest BCUT2D eigenvalue weighted by Crippen LogP contribution is -2.44. The minimum Gasteiger partial charge on any atom is -0.481 e. The van der Waals surface area contributed by atoms with Crippen LogP contribution in [0.4, 0.5) is 0 Å². The van der Waals surface area contributed by atoms with E-state index >= 15 is 0 Å². The van der Waals surface area contributed by atoms with Gasteiger partial charge in [-0.1, -0.05) is 30.3 Å². The minimum absolute atomic E-state index is 0.0738. The van der Waals surface area contributed by atoms with Gasteiger partial charge in [-0.2, -0.15) is 0 Å². The number of piperidine rings is 1. The van der Waals surface area contributed by atoms with E-state index in [0.717, 1.165) is 5.56 Å². The molecule has 0 saturated carbocycles. The fraction of sp³-hybridized carbons (Fsp3) is 0.357. The number of amides is 2. The SMILES string of the molecule is O=C(O)CC[C@@H]1C(=O)NC(=O)C[C@H]1c1ccccc1. The monoisotopic (exact) mass is 261 g/mol. The molecule has 2 atom stereocenters. The Kier molecular flexibility index (Phi) is 3.94. The summed E-state index contributed by atoms with van der Waals surface area (Å²) in [6.07, 6.45) is 0.393. The van der Waals surface area contributed by atoms with E-state index in [9.17, 15) is 14.4 Å². The van der Waals surface area contributed by atoms with Crippen molar-refractivity contribution in [1.29, 1.82) is 0 Å². The smallest absolute Gasteiger partial charge is 0.303 e. The van der Waals surface area contributed by atoms with E-state index in [1.54, 1.807) is 0 Å². The lowest BCUT2D eigenvalue weighted by Gasteiger charge is -2.30. The Morgan fingerprint density at radius 1 is 1.26 bits per heavy atom. The van der Waals surface area contributed by atoms with Crippen molar-refractivity contribution in [1.82, 2.24) is 5.32 Å². The molecule has 0 aromatic heterocycles. The van der Waals surface area contributed by atoms with E-state index in [1.165, 1.54) is 0 Å². The van der Waals surface area contributed by atoms with Crippen LogP contribution in [0.3, 0.4) is 0 Å². The van der Waals surface area contributed by atoms with Gasteiger partial charge in [0, 0.05) is 24.7 Å². The van der Waals surface area contributed by atoms with Crippen LogP contribution in [-0.4, -0.2) is 22.9 Å². The molecule has 0 radical (unpaired) electrons. The van der Waals surface area contributed by atoms with Crippen molar-refractivity contribution in [2.75, 3.05) is 0 Å². The Hall–Kier alpha value is -2.17. The molecular weight excluding hydrogens is 246 g/mol. The summed E-state index contributed by atoms with van der Waals surface area (Å²) in [7, 11) is 0. The van der Waals surface area contributed by atoms with Gasteiger partial charge >= 0.3 is 5.97 Å². The molecule has 0 unspecified atom stereocenters.